The number of ether oxygens (including phenoxy) is 1. The Morgan fingerprint density at radius 3 is 2.83 bits per heavy atom. The molecule has 0 radical (unpaired) electrons. The maximum Gasteiger partial charge on any atom is 0.306 e. The van der Waals surface area contributed by atoms with Crippen LogP contribution in [0.5, 0.6) is 5.75 Å². The molecule has 9 heteroatoms. The summed E-state index contributed by atoms with van der Waals surface area (Å²) in [7, 11) is 1.26. The van der Waals surface area contributed by atoms with Crippen LogP contribution in [0.1, 0.15) is 40.4 Å². The summed E-state index contributed by atoms with van der Waals surface area (Å²) in [6.07, 6.45) is 4.28. The van der Waals surface area contributed by atoms with Gasteiger partial charge in [-0.1, -0.05) is 18.2 Å². The van der Waals surface area contributed by atoms with Gasteiger partial charge < -0.3 is 24.0 Å². The number of carbonyl (C=O) groups is 1. The van der Waals surface area contributed by atoms with Crippen molar-refractivity contribution in [2.24, 2.45) is 0 Å². The van der Waals surface area contributed by atoms with Crippen molar-refractivity contribution in [2.75, 3.05) is 7.11 Å². The number of aryl methyl sites for hydroxylation is 4. The normalized spacial score (nSPS) is 13.3. The maximum atomic E-state index is 13.7. The van der Waals surface area contributed by atoms with Gasteiger partial charge in [0, 0.05) is 48.6 Å². The van der Waals surface area contributed by atoms with Gasteiger partial charge in [-0.15, -0.1) is 0 Å². The van der Waals surface area contributed by atoms with E-state index in [4.69, 9.17) is 4.74 Å². The van der Waals surface area contributed by atoms with Crippen LogP contribution < -0.4 is 11.1 Å². The molecule has 180 valence electrons. The highest BCUT2D eigenvalue weighted by Gasteiger charge is 2.30. The topological polar surface area (TPSA) is 119 Å². The molecule has 1 aromatic carbocycles. The van der Waals surface area contributed by atoms with E-state index in [-0.39, 0.29) is 23.3 Å². The van der Waals surface area contributed by atoms with Crippen molar-refractivity contribution < 1.29 is 14.6 Å². The minimum atomic E-state index is -0.959. The van der Waals surface area contributed by atoms with Crippen molar-refractivity contribution in [2.45, 2.75) is 45.2 Å². The Labute approximate surface area is 200 Å². The number of esters is 1. The average molecular weight is 475 g/mol. The highest BCUT2D eigenvalue weighted by Crippen LogP contribution is 2.34. The number of nitrogens with one attached hydrogen (secondary N) is 1. The summed E-state index contributed by atoms with van der Waals surface area (Å²) in [5.41, 5.74) is 3.01. The molecule has 4 aromatic rings. The molecule has 0 spiro atoms. The fourth-order valence-corrected chi connectivity index (χ4v) is 5.09. The molecule has 0 amide bonds. The molecule has 0 aliphatic carbocycles. The van der Waals surface area contributed by atoms with Crippen molar-refractivity contribution in [3.8, 4) is 5.75 Å². The molecule has 1 aliphatic rings. The van der Waals surface area contributed by atoms with E-state index < -0.39 is 17.4 Å². The summed E-state index contributed by atoms with van der Waals surface area (Å²) in [5, 5.41) is 11.8. The summed E-state index contributed by atoms with van der Waals surface area (Å²) in [6, 6.07) is 9.09. The quantitative estimate of drug-likeness (QED) is 0.397. The first-order valence-corrected chi connectivity index (χ1v) is 11.5. The average Bonchev–Trinajstić information content (AvgIpc) is 3.51. The number of H-pyrrole nitrogens is 1. The number of carbonyl (C=O) groups excluding carboxylic acids is 1. The summed E-state index contributed by atoms with van der Waals surface area (Å²) in [5.74, 6) is -1.78. The van der Waals surface area contributed by atoms with Crippen molar-refractivity contribution in [3.05, 3.63) is 91.6 Å². The van der Waals surface area contributed by atoms with Gasteiger partial charge in [-0.3, -0.25) is 14.4 Å². The van der Waals surface area contributed by atoms with E-state index in [0.717, 1.165) is 28.6 Å². The first kappa shape index (κ1) is 22.6. The molecule has 4 heterocycles. The number of benzene rings is 1. The van der Waals surface area contributed by atoms with E-state index in [9.17, 15) is 19.5 Å². The second kappa shape index (κ2) is 8.90. The third-order valence-corrected chi connectivity index (χ3v) is 6.83. The van der Waals surface area contributed by atoms with Crippen LogP contribution in [0.25, 0.3) is 10.9 Å². The molecular formula is C26H26N4O5. The zero-order valence-electron chi connectivity index (χ0n) is 19.6. The molecule has 0 fully saturated rings. The van der Waals surface area contributed by atoms with E-state index >= 15 is 0 Å². The monoisotopic (exact) mass is 474 g/mol. The number of pyridine rings is 2. The zero-order valence-corrected chi connectivity index (χ0v) is 19.6. The molecule has 0 saturated carbocycles. The first-order chi connectivity index (χ1) is 16.9. The van der Waals surface area contributed by atoms with Crippen LogP contribution in [0.4, 0.5) is 0 Å². The molecule has 0 bridgehead atoms. The minimum absolute atomic E-state index is 0.0176. The largest absolute Gasteiger partial charge is 0.507 e. The van der Waals surface area contributed by atoms with Gasteiger partial charge in [0.25, 0.3) is 11.1 Å². The van der Waals surface area contributed by atoms with Gasteiger partial charge in [-0.2, -0.15) is 0 Å². The van der Waals surface area contributed by atoms with Crippen molar-refractivity contribution >= 4 is 16.9 Å². The zero-order chi connectivity index (χ0) is 24.7. The van der Waals surface area contributed by atoms with Crippen LogP contribution in [0.15, 0.2) is 52.4 Å². The third kappa shape index (κ3) is 3.92. The Balaban J connectivity index is 1.68. The van der Waals surface area contributed by atoms with Gasteiger partial charge in [0.1, 0.15) is 5.75 Å². The van der Waals surface area contributed by atoms with Crippen LogP contribution in [-0.4, -0.2) is 37.3 Å². The maximum absolute atomic E-state index is 13.7. The smallest absolute Gasteiger partial charge is 0.306 e. The van der Waals surface area contributed by atoms with Crippen molar-refractivity contribution in [3.63, 3.8) is 0 Å². The molecule has 9 nitrogen and oxygen atoms in total. The van der Waals surface area contributed by atoms with Crippen LogP contribution >= 0.6 is 0 Å². The lowest BCUT2D eigenvalue weighted by Gasteiger charge is -2.21. The lowest BCUT2D eigenvalue weighted by molar-refractivity contribution is -0.140. The van der Waals surface area contributed by atoms with E-state index in [2.05, 4.69) is 9.97 Å². The highest BCUT2D eigenvalue weighted by molar-refractivity contribution is 5.84. The van der Waals surface area contributed by atoms with E-state index in [1.165, 1.54) is 13.2 Å². The molecular weight excluding hydrogens is 448 g/mol. The molecule has 2 N–H and O–H groups in total. The molecule has 1 aliphatic heterocycles. The van der Waals surface area contributed by atoms with Gasteiger partial charge in [0.05, 0.1) is 30.9 Å². The van der Waals surface area contributed by atoms with Crippen LogP contribution in [0.3, 0.4) is 0 Å². The molecule has 0 saturated heterocycles. The summed E-state index contributed by atoms with van der Waals surface area (Å²) in [6.45, 7) is 2.61. The van der Waals surface area contributed by atoms with E-state index in [0.29, 0.717) is 30.8 Å². The number of para-hydroxylation sites is 1. The number of imidazole rings is 1. The van der Waals surface area contributed by atoms with Crippen LogP contribution in [0, 0.1) is 6.92 Å². The molecule has 1 atom stereocenters. The van der Waals surface area contributed by atoms with Gasteiger partial charge in [0.2, 0.25) is 0 Å². The van der Waals surface area contributed by atoms with Crippen LogP contribution in [0.2, 0.25) is 0 Å². The van der Waals surface area contributed by atoms with Crippen molar-refractivity contribution in [1.82, 2.24) is 19.1 Å². The highest BCUT2D eigenvalue weighted by atomic mass is 16.5. The number of aromatic nitrogens is 4. The number of rotatable bonds is 7. The summed E-state index contributed by atoms with van der Waals surface area (Å²) in [4.78, 5) is 46.8. The Kier molecular flexibility index (Phi) is 5.76. The van der Waals surface area contributed by atoms with Crippen molar-refractivity contribution in [1.29, 1.82) is 0 Å². The predicted molar refractivity (Wildman–Crippen MR) is 130 cm³/mol. The predicted octanol–water partition coefficient (Wildman–Crippen LogP) is 2.39. The molecule has 1 unspecified atom stereocenters. The number of hydrogen-bond donors (Lipinski definition) is 2. The third-order valence-electron chi connectivity index (χ3n) is 6.83. The van der Waals surface area contributed by atoms with E-state index in [1.807, 2.05) is 18.2 Å². The standard InChI is InChI=1S/C26H26N4O5/c1-15-10-21(31)23(26(34)29(15)9-7-18-13-27-14-28-18)19(12-22(32)35-2)20-11-17-5-3-4-16-6-8-30(24(16)17)25(20)33/h3-5,10-11,13-14,19,31H,6-9,12H2,1-2H3,(H,27,28). The molecule has 35 heavy (non-hydrogen) atoms. The second-order valence-electron chi connectivity index (χ2n) is 8.86. The summed E-state index contributed by atoms with van der Waals surface area (Å²) < 4.78 is 8.15. The lowest BCUT2D eigenvalue weighted by Crippen LogP contribution is -2.32. The first-order valence-electron chi connectivity index (χ1n) is 11.5. The Morgan fingerprint density at radius 1 is 1.26 bits per heavy atom. The SMILES string of the molecule is COC(=O)CC(c1c(O)cc(C)n(CCc2cnc[nH]2)c1=O)c1cc2cccc3c2n(c1=O)CC3. The number of methoxy groups -OCH3 is 1. The lowest BCUT2D eigenvalue weighted by atomic mass is 9.88. The molecule has 3 aromatic heterocycles. The number of aromatic hydroxyl groups is 1. The van der Waals surface area contributed by atoms with E-state index in [1.54, 1.807) is 34.6 Å². The Hall–Kier alpha value is -4.14. The van der Waals surface area contributed by atoms with Gasteiger partial charge in [0.15, 0.2) is 0 Å². The van der Waals surface area contributed by atoms with Gasteiger partial charge >= 0.3 is 5.97 Å². The Morgan fingerprint density at radius 2 is 2.09 bits per heavy atom. The number of aromatic amines is 1. The van der Waals surface area contributed by atoms with Crippen LogP contribution in [-0.2, 0) is 35.5 Å². The fourth-order valence-electron chi connectivity index (χ4n) is 5.09. The van der Waals surface area contributed by atoms with Gasteiger partial charge in [-0.25, -0.2) is 4.98 Å². The fraction of sp³-hybridized carbons (Fsp3) is 0.308. The number of nitrogens with zero attached hydrogens (tertiary/aromatic N) is 3. The second-order valence-corrected chi connectivity index (χ2v) is 8.86. The van der Waals surface area contributed by atoms with Gasteiger partial charge in [-0.05, 0) is 36.4 Å². The minimum Gasteiger partial charge on any atom is -0.507 e. The summed E-state index contributed by atoms with van der Waals surface area (Å²) >= 11 is 0. The Bertz CT molecular complexity index is 1550. The number of hydrogen-bond acceptors (Lipinski definition) is 6. The molecule has 5 rings (SSSR count).